The van der Waals surface area contributed by atoms with Crippen LogP contribution in [0.25, 0.3) is 0 Å². The van der Waals surface area contributed by atoms with Crippen molar-refractivity contribution in [2.24, 2.45) is 5.92 Å². The highest BCUT2D eigenvalue weighted by Gasteiger charge is 2.34. The van der Waals surface area contributed by atoms with Crippen molar-refractivity contribution in [2.75, 3.05) is 14.2 Å². The lowest BCUT2D eigenvalue weighted by atomic mass is 9.81. The average molecular weight is 363 g/mol. The molecule has 25 heavy (non-hydrogen) atoms. The molecule has 0 heterocycles. The molecule has 1 aromatic rings. The molecule has 0 aromatic heterocycles. The Morgan fingerprint density at radius 2 is 1.76 bits per heavy atom. The molecular formula is C20H23ClO4. The monoisotopic (exact) mass is 362 g/mol. The van der Waals surface area contributed by atoms with Gasteiger partial charge in [-0.1, -0.05) is 43.7 Å². The highest BCUT2D eigenvalue weighted by atomic mass is 35.5. The molecule has 2 aliphatic carbocycles. The fourth-order valence-corrected chi connectivity index (χ4v) is 4.12. The summed E-state index contributed by atoms with van der Waals surface area (Å²) < 4.78 is 10.5. The summed E-state index contributed by atoms with van der Waals surface area (Å²) in [6, 6.07) is 3.18. The van der Waals surface area contributed by atoms with Gasteiger partial charge in [0.1, 0.15) is 11.5 Å². The first-order valence-corrected chi connectivity index (χ1v) is 9.18. The summed E-state index contributed by atoms with van der Waals surface area (Å²) in [6.07, 6.45) is 7.64. The molecule has 0 radical (unpaired) electrons. The van der Waals surface area contributed by atoms with Crippen LogP contribution in [0.4, 0.5) is 0 Å². The summed E-state index contributed by atoms with van der Waals surface area (Å²) in [4.78, 5) is 25.7. The molecule has 4 nitrogen and oxygen atoms in total. The predicted octanol–water partition coefficient (Wildman–Crippen LogP) is 4.94. The van der Waals surface area contributed by atoms with Crippen molar-refractivity contribution >= 4 is 23.2 Å². The van der Waals surface area contributed by atoms with Crippen molar-refractivity contribution in [3.8, 4) is 11.5 Å². The van der Waals surface area contributed by atoms with E-state index in [-0.39, 0.29) is 22.2 Å². The molecule has 0 spiro atoms. The van der Waals surface area contributed by atoms with Crippen LogP contribution in [0.3, 0.4) is 0 Å². The van der Waals surface area contributed by atoms with Crippen LogP contribution in [-0.4, -0.2) is 25.8 Å². The number of halogens is 1. The number of hydrogen-bond acceptors (Lipinski definition) is 4. The van der Waals surface area contributed by atoms with Gasteiger partial charge in [0.15, 0.2) is 5.78 Å². The Kier molecular flexibility index (Phi) is 5.48. The second kappa shape index (κ2) is 7.61. The molecule has 3 rings (SSSR count). The first-order valence-electron chi connectivity index (χ1n) is 8.80. The predicted molar refractivity (Wildman–Crippen MR) is 96.9 cm³/mol. The van der Waals surface area contributed by atoms with Gasteiger partial charge in [0, 0.05) is 17.2 Å². The second-order valence-electron chi connectivity index (χ2n) is 6.75. The Morgan fingerprint density at radius 1 is 1.04 bits per heavy atom. The van der Waals surface area contributed by atoms with Gasteiger partial charge in [-0.3, -0.25) is 9.59 Å². The van der Waals surface area contributed by atoms with Crippen LogP contribution in [0.15, 0.2) is 22.7 Å². The van der Waals surface area contributed by atoms with Gasteiger partial charge in [-0.25, -0.2) is 0 Å². The van der Waals surface area contributed by atoms with Crippen molar-refractivity contribution < 1.29 is 19.1 Å². The van der Waals surface area contributed by atoms with E-state index in [4.69, 9.17) is 21.1 Å². The Morgan fingerprint density at radius 3 is 2.40 bits per heavy atom. The first-order chi connectivity index (χ1) is 12.1. The lowest BCUT2D eigenvalue weighted by molar-refractivity contribution is 0.0973. The van der Waals surface area contributed by atoms with Crippen LogP contribution in [-0.2, 0) is 0 Å². The van der Waals surface area contributed by atoms with Gasteiger partial charge >= 0.3 is 0 Å². The van der Waals surface area contributed by atoms with Gasteiger partial charge in [-0.15, -0.1) is 0 Å². The smallest absolute Gasteiger partial charge is 0.205 e. The minimum Gasteiger partial charge on any atom is -0.497 e. The van der Waals surface area contributed by atoms with Crippen molar-refractivity contribution in [1.29, 1.82) is 0 Å². The number of ketones is 2. The zero-order valence-electron chi connectivity index (χ0n) is 14.7. The van der Waals surface area contributed by atoms with Gasteiger partial charge in [0.05, 0.1) is 24.8 Å². The van der Waals surface area contributed by atoms with E-state index >= 15 is 0 Å². The topological polar surface area (TPSA) is 52.6 Å². The Labute approximate surface area is 153 Å². The largest absolute Gasteiger partial charge is 0.497 e. The maximum Gasteiger partial charge on any atom is 0.205 e. The van der Waals surface area contributed by atoms with Crippen molar-refractivity contribution in [3.05, 3.63) is 33.9 Å². The van der Waals surface area contributed by atoms with E-state index in [2.05, 4.69) is 0 Å². The molecular weight excluding hydrogens is 340 g/mol. The summed E-state index contributed by atoms with van der Waals surface area (Å²) >= 11 is 6.29. The molecule has 1 aromatic carbocycles. The molecule has 134 valence electrons. The summed E-state index contributed by atoms with van der Waals surface area (Å²) in [5.41, 5.74) is 0.983. The minimum absolute atomic E-state index is 0.0450. The van der Waals surface area contributed by atoms with Crippen LogP contribution in [0.2, 0.25) is 0 Å². The van der Waals surface area contributed by atoms with E-state index in [1.54, 1.807) is 12.1 Å². The summed E-state index contributed by atoms with van der Waals surface area (Å²) in [6.45, 7) is 0. The third-order valence-corrected chi connectivity index (χ3v) is 5.67. The Bertz CT molecular complexity index is 729. The fraction of sp³-hybridized carbons (Fsp3) is 0.500. The third-order valence-electron chi connectivity index (χ3n) is 5.27. The SMILES string of the molecule is COc1cc(OC)c2c(c1)C(=O)C(Cl)=C(CCC1CCCCC1)C2=O. The number of carbonyl (C=O) groups excluding carboxylic acids is 2. The van der Waals surface area contributed by atoms with E-state index in [0.717, 1.165) is 6.42 Å². The van der Waals surface area contributed by atoms with Gasteiger partial charge < -0.3 is 9.47 Å². The number of carbonyl (C=O) groups is 2. The van der Waals surface area contributed by atoms with Crippen LogP contribution < -0.4 is 9.47 Å². The highest BCUT2D eigenvalue weighted by Crippen LogP contribution is 2.39. The van der Waals surface area contributed by atoms with Gasteiger partial charge in [-0.05, 0) is 24.8 Å². The van der Waals surface area contributed by atoms with E-state index < -0.39 is 0 Å². The Hall–Kier alpha value is -1.81. The zero-order chi connectivity index (χ0) is 18.0. The molecule has 1 saturated carbocycles. The molecule has 0 amide bonds. The average Bonchev–Trinajstić information content (AvgIpc) is 2.65. The summed E-state index contributed by atoms with van der Waals surface area (Å²) in [5.74, 6) is 0.911. The van der Waals surface area contributed by atoms with Crippen LogP contribution in [0.1, 0.15) is 65.7 Å². The molecule has 0 aliphatic heterocycles. The number of rotatable bonds is 5. The van der Waals surface area contributed by atoms with Crippen molar-refractivity contribution in [2.45, 2.75) is 44.9 Å². The highest BCUT2D eigenvalue weighted by molar-refractivity contribution is 6.50. The van der Waals surface area contributed by atoms with Crippen LogP contribution >= 0.6 is 11.6 Å². The van der Waals surface area contributed by atoms with E-state index in [9.17, 15) is 9.59 Å². The number of ether oxygens (including phenoxy) is 2. The number of methoxy groups -OCH3 is 2. The number of Topliss-reactive ketones (excluding diaryl/α,β-unsaturated/α-hetero) is 2. The van der Waals surface area contributed by atoms with Gasteiger partial charge in [0.25, 0.3) is 0 Å². The van der Waals surface area contributed by atoms with Crippen LogP contribution in [0.5, 0.6) is 11.5 Å². The van der Waals surface area contributed by atoms with Gasteiger partial charge in [-0.2, -0.15) is 0 Å². The van der Waals surface area contributed by atoms with E-state index in [1.165, 1.54) is 46.3 Å². The molecule has 0 N–H and O–H groups in total. The van der Waals surface area contributed by atoms with E-state index in [1.807, 2.05) is 0 Å². The number of fused-ring (bicyclic) bond motifs is 1. The first kappa shape index (κ1) is 18.0. The maximum atomic E-state index is 13.0. The van der Waals surface area contributed by atoms with E-state index in [0.29, 0.717) is 35.0 Å². The second-order valence-corrected chi connectivity index (χ2v) is 7.12. The number of benzene rings is 1. The normalized spacial score (nSPS) is 18.4. The van der Waals surface area contributed by atoms with Crippen LogP contribution in [0, 0.1) is 5.92 Å². The minimum atomic E-state index is -0.327. The molecule has 0 saturated heterocycles. The van der Waals surface area contributed by atoms with Crippen molar-refractivity contribution in [1.82, 2.24) is 0 Å². The molecule has 0 unspecified atom stereocenters. The molecule has 2 aliphatic rings. The summed E-state index contributed by atoms with van der Waals surface area (Å²) in [5, 5.41) is 0.0450. The third kappa shape index (κ3) is 3.45. The zero-order valence-corrected chi connectivity index (χ0v) is 15.4. The standard InChI is InChI=1S/C20H23ClO4/c1-24-13-10-15-17(16(11-13)25-2)19(22)14(18(21)20(15)23)9-8-12-6-4-3-5-7-12/h10-12H,3-9H2,1-2H3. The molecule has 5 heteroatoms. The lowest BCUT2D eigenvalue weighted by Crippen LogP contribution is -2.22. The molecule has 0 bridgehead atoms. The number of allylic oxidation sites excluding steroid dienone is 2. The fourth-order valence-electron chi connectivity index (χ4n) is 3.84. The van der Waals surface area contributed by atoms with Crippen molar-refractivity contribution in [3.63, 3.8) is 0 Å². The number of hydrogen-bond donors (Lipinski definition) is 0. The maximum absolute atomic E-state index is 13.0. The quantitative estimate of drug-likeness (QED) is 0.744. The molecule has 0 atom stereocenters. The Balaban J connectivity index is 1.91. The summed E-state index contributed by atoms with van der Waals surface area (Å²) in [7, 11) is 2.98. The van der Waals surface area contributed by atoms with Gasteiger partial charge in [0.2, 0.25) is 5.78 Å². The molecule has 1 fully saturated rings. The lowest BCUT2D eigenvalue weighted by Gasteiger charge is -2.24.